The second kappa shape index (κ2) is 12.0. The first kappa shape index (κ1) is 30.9. The van der Waals surface area contributed by atoms with E-state index < -0.39 is 0 Å². The summed E-state index contributed by atoms with van der Waals surface area (Å²) in [5, 5.41) is 10.9. The van der Waals surface area contributed by atoms with Crippen molar-refractivity contribution in [2.75, 3.05) is 0 Å². The van der Waals surface area contributed by atoms with Gasteiger partial charge < -0.3 is 9.13 Å². The molecule has 0 aliphatic carbocycles. The van der Waals surface area contributed by atoms with Crippen LogP contribution in [-0.4, -0.2) is 19.1 Å². The van der Waals surface area contributed by atoms with E-state index >= 15 is 0 Å². The van der Waals surface area contributed by atoms with Crippen LogP contribution in [0.15, 0.2) is 194 Å². The molecule has 0 spiro atoms. The van der Waals surface area contributed by atoms with Crippen LogP contribution in [0.5, 0.6) is 0 Å². The summed E-state index contributed by atoms with van der Waals surface area (Å²) in [6.07, 6.45) is 0. The van der Waals surface area contributed by atoms with Crippen LogP contribution in [0.4, 0.5) is 0 Å². The molecule has 0 atom stereocenters. The summed E-state index contributed by atoms with van der Waals surface area (Å²) in [5.41, 5.74) is 10.8. The van der Waals surface area contributed by atoms with Gasteiger partial charge in [-0.25, -0.2) is 9.97 Å². The predicted molar refractivity (Wildman–Crippen MR) is 234 cm³/mol. The summed E-state index contributed by atoms with van der Waals surface area (Å²) >= 11 is 0. The normalized spacial score (nSPS) is 11.9. The van der Waals surface area contributed by atoms with E-state index in [-0.39, 0.29) is 0 Å². The fourth-order valence-electron chi connectivity index (χ4n) is 8.83. The average Bonchev–Trinajstić information content (AvgIpc) is 3.76. The molecule has 260 valence electrons. The van der Waals surface area contributed by atoms with Crippen molar-refractivity contribution in [3.63, 3.8) is 0 Å². The molecular formula is C52H32N4. The van der Waals surface area contributed by atoms with Crippen LogP contribution in [0, 0.1) is 0 Å². The van der Waals surface area contributed by atoms with Crippen LogP contribution in [-0.2, 0) is 0 Å². The smallest absolute Gasteiger partial charge is 0.160 e. The van der Waals surface area contributed by atoms with Gasteiger partial charge in [-0.15, -0.1) is 0 Å². The lowest BCUT2D eigenvalue weighted by molar-refractivity contribution is 1.18. The number of hydrogen-bond acceptors (Lipinski definition) is 2. The highest BCUT2D eigenvalue weighted by atomic mass is 15.0. The van der Waals surface area contributed by atoms with Crippen molar-refractivity contribution in [1.29, 1.82) is 0 Å². The highest BCUT2D eigenvalue weighted by molar-refractivity contribution is 6.17. The largest absolute Gasteiger partial charge is 0.309 e. The number of para-hydroxylation sites is 3. The van der Waals surface area contributed by atoms with Gasteiger partial charge in [0.25, 0.3) is 0 Å². The van der Waals surface area contributed by atoms with Crippen molar-refractivity contribution in [2.24, 2.45) is 0 Å². The third-order valence-corrected chi connectivity index (χ3v) is 11.4. The summed E-state index contributed by atoms with van der Waals surface area (Å²) in [6, 6.07) is 69.7. The molecule has 0 amide bonds. The van der Waals surface area contributed by atoms with Crippen molar-refractivity contribution >= 4 is 76.1 Å². The van der Waals surface area contributed by atoms with Gasteiger partial charge in [-0.3, -0.25) is 0 Å². The Balaban J connectivity index is 1.02. The van der Waals surface area contributed by atoms with Crippen LogP contribution in [0.1, 0.15) is 0 Å². The number of rotatable bonds is 4. The Morgan fingerprint density at radius 1 is 0.304 bits per heavy atom. The van der Waals surface area contributed by atoms with Crippen LogP contribution in [0.3, 0.4) is 0 Å². The van der Waals surface area contributed by atoms with E-state index in [1.165, 1.54) is 59.6 Å². The van der Waals surface area contributed by atoms with Crippen molar-refractivity contribution < 1.29 is 0 Å². The van der Waals surface area contributed by atoms with Crippen molar-refractivity contribution in [3.05, 3.63) is 194 Å². The van der Waals surface area contributed by atoms with Gasteiger partial charge in [0.05, 0.1) is 33.3 Å². The number of fused-ring (bicyclic) bond motifs is 9. The zero-order chi connectivity index (χ0) is 36.7. The molecular weight excluding hydrogens is 681 g/mol. The van der Waals surface area contributed by atoms with Crippen molar-refractivity contribution in [2.45, 2.75) is 0 Å². The van der Waals surface area contributed by atoms with Crippen LogP contribution in [0.25, 0.3) is 110 Å². The second-order valence-electron chi connectivity index (χ2n) is 14.6. The van der Waals surface area contributed by atoms with Gasteiger partial charge in [-0.2, -0.15) is 0 Å². The third-order valence-electron chi connectivity index (χ3n) is 11.4. The minimum atomic E-state index is 0.711. The molecule has 12 rings (SSSR count). The Kier molecular flexibility index (Phi) is 6.60. The first-order valence-corrected chi connectivity index (χ1v) is 19.1. The fraction of sp³-hybridized carbons (Fsp3) is 0. The number of hydrogen-bond donors (Lipinski definition) is 0. The predicted octanol–water partition coefficient (Wildman–Crippen LogP) is 13.5. The molecule has 0 saturated carbocycles. The molecule has 0 N–H and O–H groups in total. The molecule has 4 heteroatoms. The molecule has 4 nitrogen and oxygen atoms in total. The Hall–Kier alpha value is -7.56. The Labute approximate surface area is 322 Å². The number of aromatic nitrogens is 4. The highest BCUT2D eigenvalue weighted by Crippen LogP contribution is 2.39. The monoisotopic (exact) mass is 712 g/mol. The van der Waals surface area contributed by atoms with E-state index in [0.717, 1.165) is 44.6 Å². The summed E-state index contributed by atoms with van der Waals surface area (Å²) in [5.74, 6) is 0.711. The molecule has 0 fully saturated rings. The summed E-state index contributed by atoms with van der Waals surface area (Å²) in [4.78, 5) is 10.5. The molecule has 0 unspecified atom stereocenters. The Morgan fingerprint density at radius 3 is 1.50 bits per heavy atom. The molecule has 9 aromatic carbocycles. The van der Waals surface area contributed by atoms with Gasteiger partial charge in [-0.1, -0.05) is 115 Å². The van der Waals surface area contributed by atoms with Crippen LogP contribution >= 0.6 is 0 Å². The lowest BCUT2D eigenvalue weighted by Gasteiger charge is -2.12. The molecule has 12 aromatic rings. The summed E-state index contributed by atoms with van der Waals surface area (Å²) < 4.78 is 4.75. The maximum atomic E-state index is 5.33. The maximum Gasteiger partial charge on any atom is 0.160 e. The number of benzene rings is 9. The van der Waals surface area contributed by atoms with Gasteiger partial charge in [0.2, 0.25) is 0 Å². The first-order chi connectivity index (χ1) is 27.7. The van der Waals surface area contributed by atoms with Crippen molar-refractivity contribution in [3.8, 4) is 34.0 Å². The molecule has 3 aromatic heterocycles. The fourth-order valence-corrected chi connectivity index (χ4v) is 8.83. The Bertz CT molecular complexity index is 3430. The zero-order valence-corrected chi connectivity index (χ0v) is 30.3. The van der Waals surface area contributed by atoms with E-state index in [2.05, 4.69) is 203 Å². The first-order valence-electron chi connectivity index (χ1n) is 19.1. The maximum absolute atomic E-state index is 5.33. The lowest BCUT2D eigenvalue weighted by Crippen LogP contribution is -1.97. The van der Waals surface area contributed by atoms with E-state index in [9.17, 15) is 0 Å². The molecule has 0 bridgehead atoms. The standard InChI is InChI=1S/C52H32N4/c1-2-16-39(17-3-1)55-47-21-11-9-18-41(47)43-30-38(24-27-48(43)55)52-53-46-20-10-8-19-42(46)51(54-52)33-22-25-40(26-23-33)56-49-31-36-14-6-4-12-34(36)28-44(49)45-29-35-13-5-7-15-37(35)32-50(45)56/h1-32H. The van der Waals surface area contributed by atoms with Gasteiger partial charge in [0.15, 0.2) is 5.82 Å². The van der Waals surface area contributed by atoms with Crippen molar-refractivity contribution in [1.82, 2.24) is 19.1 Å². The summed E-state index contributed by atoms with van der Waals surface area (Å²) in [6.45, 7) is 0. The van der Waals surface area contributed by atoms with Gasteiger partial charge in [0, 0.05) is 49.4 Å². The lowest BCUT2D eigenvalue weighted by atomic mass is 10.0. The van der Waals surface area contributed by atoms with Crippen LogP contribution < -0.4 is 0 Å². The molecule has 0 aliphatic rings. The second-order valence-corrected chi connectivity index (χ2v) is 14.6. The number of nitrogens with zero attached hydrogens (tertiary/aromatic N) is 4. The molecule has 3 heterocycles. The van der Waals surface area contributed by atoms with E-state index in [4.69, 9.17) is 9.97 Å². The minimum Gasteiger partial charge on any atom is -0.309 e. The average molecular weight is 713 g/mol. The minimum absolute atomic E-state index is 0.711. The third kappa shape index (κ3) is 4.66. The van der Waals surface area contributed by atoms with E-state index in [1.807, 2.05) is 0 Å². The molecule has 0 radical (unpaired) electrons. The van der Waals surface area contributed by atoms with E-state index in [0.29, 0.717) is 5.82 Å². The van der Waals surface area contributed by atoms with Gasteiger partial charge in [-0.05, 0) is 100 Å². The molecule has 56 heavy (non-hydrogen) atoms. The van der Waals surface area contributed by atoms with Crippen LogP contribution in [0.2, 0.25) is 0 Å². The quantitative estimate of drug-likeness (QED) is 0.182. The SMILES string of the molecule is c1ccc(-n2c3ccccc3c3cc(-c4nc(-c5ccc(-n6c7cc8ccccc8cc7c7cc8ccccc8cc76)cc5)c5ccccc5n4)ccc32)cc1. The van der Waals surface area contributed by atoms with Gasteiger partial charge in [0.1, 0.15) is 0 Å². The highest BCUT2D eigenvalue weighted by Gasteiger charge is 2.18. The topological polar surface area (TPSA) is 35.6 Å². The molecule has 0 aliphatic heterocycles. The van der Waals surface area contributed by atoms with E-state index in [1.54, 1.807) is 0 Å². The zero-order valence-electron chi connectivity index (χ0n) is 30.3. The Morgan fingerprint density at radius 2 is 0.804 bits per heavy atom. The van der Waals surface area contributed by atoms with Gasteiger partial charge >= 0.3 is 0 Å². The summed E-state index contributed by atoms with van der Waals surface area (Å²) in [7, 11) is 0. The molecule has 0 saturated heterocycles.